The van der Waals surface area contributed by atoms with Crippen LogP contribution in [-0.2, 0) is 36.7 Å². The summed E-state index contributed by atoms with van der Waals surface area (Å²) in [6.07, 6.45) is 0.498. The number of hydrogen-bond acceptors (Lipinski definition) is 8. The molecule has 0 radical (unpaired) electrons. The number of carbonyl (C=O) groups is 3. The number of hydrogen-bond donors (Lipinski definition) is 3. The van der Waals surface area contributed by atoms with Crippen LogP contribution in [0.4, 0.5) is 0 Å². The van der Waals surface area contributed by atoms with E-state index >= 15 is 0 Å². The van der Waals surface area contributed by atoms with Crippen molar-refractivity contribution in [3.05, 3.63) is 71.8 Å². The molecule has 0 spiro atoms. The van der Waals surface area contributed by atoms with Gasteiger partial charge in [-0.25, -0.2) is 9.59 Å². The fourth-order valence-corrected chi connectivity index (χ4v) is 2.50. The van der Waals surface area contributed by atoms with Crippen LogP contribution in [0.5, 0.6) is 0 Å². The first-order chi connectivity index (χ1) is 13.9. The van der Waals surface area contributed by atoms with Crippen molar-refractivity contribution in [3.8, 4) is 0 Å². The van der Waals surface area contributed by atoms with E-state index in [2.05, 4.69) is 4.74 Å². The van der Waals surface area contributed by atoms with Crippen molar-refractivity contribution >= 4 is 17.9 Å². The average molecular weight is 399 g/mol. The summed E-state index contributed by atoms with van der Waals surface area (Å²) in [5.41, 5.74) is 18.9. The first-order valence-electron chi connectivity index (χ1n) is 9.13. The zero-order chi connectivity index (χ0) is 21.2. The Morgan fingerprint density at radius 2 is 1.07 bits per heavy atom. The van der Waals surface area contributed by atoms with Crippen LogP contribution < -0.4 is 17.2 Å². The maximum absolute atomic E-state index is 12.0. The molecule has 0 aromatic heterocycles. The van der Waals surface area contributed by atoms with E-state index in [-0.39, 0.29) is 12.8 Å². The van der Waals surface area contributed by atoms with Crippen molar-refractivity contribution in [2.75, 3.05) is 6.61 Å². The van der Waals surface area contributed by atoms with Gasteiger partial charge in [-0.3, -0.25) is 4.79 Å². The molecule has 0 amide bonds. The molecule has 0 aliphatic rings. The van der Waals surface area contributed by atoms with Gasteiger partial charge in [0.1, 0.15) is 24.7 Å². The highest BCUT2D eigenvalue weighted by molar-refractivity contribution is 5.91. The molecule has 6 N–H and O–H groups in total. The van der Waals surface area contributed by atoms with Gasteiger partial charge >= 0.3 is 17.9 Å². The van der Waals surface area contributed by atoms with Crippen molar-refractivity contribution in [1.82, 2.24) is 0 Å². The lowest BCUT2D eigenvalue weighted by Gasteiger charge is -2.15. The van der Waals surface area contributed by atoms with Crippen LogP contribution in [0, 0.1) is 0 Å². The fraction of sp³-hybridized carbons (Fsp3) is 0.286. The third-order valence-corrected chi connectivity index (χ3v) is 4.11. The minimum Gasteiger partial charge on any atom is -0.462 e. The van der Waals surface area contributed by atoms with Crippen molar-refractivity contribution in [2.24, 2.45) is 17.2 Å². The van der Waals surface area contributed by atoms with Gasteiger partial charge in [-0.05, 0) is 24.0 Å². The lowest BCUT2D eigenvalue weighted by Crippen LogP contribution is -2.44. The van der Waals surface area contributed by atoms with Gasteiger partial charge in [0.2, 0.25) is 0 Å². The molecule has 154 valence electrons. The van der Waals surface area contributed by atoms with E-state index in [1.807, 2.05) is 48.5 Å². The number of nitrogens with two attached hydrogens (primary N) is 3. The summed E-state index contributed by atoms with van der Waals surface area (Å²) < 4.78 is 9.65. The van der Waals surface area contributed by atoms with Crippen molar-refractivity contribution in [2.45, 2.75) is 31.0 Å². The highest BCUT2D eigenvalue weighted by atomic mass is 16.6. The number of esters is 3. The molecule has 0 unspecified atom stereocenters. The molecule has 2 aromatic rings. The Kier molecular flexibility index (Phi) is 8.47. The molecule has 0 saturated heterocycles. The number of ether oxygens (including phenoxy) is 2. The zero-order valence-electron chi connectivity index (χ0n) is 15.9. The normalized spacial score (nSPS) is 13.8. The predicted molar refractivity (Wildman–Crippen MR) is 106 cm³/mol. The molecule has 0 aliphatic heterocycles. The molecular formula is C21H25N3O5. The van der Waals surface area contributed by atoms with Gasteiger partial charge in [-0.1, -0.05) is 60.7 Å². The first-order valence-corrected chi connectivity index (χ1v) is 9.13. The minimum atomic E-state index is -1.32. The molecule has 0 fully saturated rings. The lowest BCUT2D eigenvalue weighted by molar-refractivity contribution is -0.163. The maximum Gasteiger partial charge on any atom is 0.334 e. The Hall–Kier alpha value is -3.07. The molecule has 8 heteroatoms. The van der Waals surface area contributed by atoms with Crippen LogP contribution in [0.1, 0.15) is 11.1 Å². The van der Waals surface area contributed by atoms with Crippen molar-refractivity contribution < 1.29 is 23.9 Å². The van der Waals surface area contributed by atoms with Crippen LogP contribution in [-0.4, -0.2) is 42.6 Å². The van der Waals surface area contributed by atoms with E-state index in [0.29, 0.717) is 0 Å². The molecule has 29 heavy (non-hydrogen) atoms. The third-order valence-electron chi connectivity index (χ3n) is 4.11. The maximum atomic E-state index is 12.0. The summed E-state index contributed by atoms with van der Waals surface area (Å²) in [7, 11) is 0. The van der Waals surface area contributed by atoms with Gasteiger partial charge in [0, 0.05) is 0 Å². The smallest absolute Gasteiger partial charge is 0.334 e. The van der Waals surface area contributed by atoms with E-state index in [1.165, 1.54) is 0 Å². The monoisotopic (exact) mass is 399 g/mol. The van der Waals surface area contributed by atoms with Gasteiger partial charge < -0.3 is 26.7 Å². The summed E-state index contributed by atoms with van der Waals surface area (Å²) in [6, 6.07) is 15.0. The van der Waals surface area contributed by atoms with E-state index in [4.69, 9.17) is 21.9 Å². The van der Waals surface area contributed by atoms with Gasteiger partial charge in [-0.15, -0.1) is 0 Å². The van der Waals surface area contributed by atoms with E-state index in [9.17, 15) is 14.4 Å². The SMILES string of the molecule is N[C@@H](Cc1ccccc1)C(=O)OC[C@H](N)C(=O)OC(=O)[C@@H](N)Cc1ccccc1. The fourth-order valence-electron chi connectivity index (χ4n) is 2.50. The highest BCUT2D eigenvalue weighted by Gasteiger charge is 2.25. The van der Waals surface area contributed by atoms with Gasteiger partial charge in [0.15, 0.2) is 0 Å². The second-order valence-corrected chi connectivity index (χ2v) is 6.57. The first kappa shape index (κ1) is 22.2. The van der Waals surface area contributed by atoms with Crippen LogP contribution in [0.2, 0.25) is 0 Å². The average Bonchev–Trinajstić information content (AvgIpc) is 2.72. The summed E-state index contributed by atoms with van der Waals surface area (Å²) in [5, 5.41) is 0. The predicted octanol–water partition coefficient (Wildman–Crippen LogP) is 0.0667. The molecule has 0 saturated carbocycles. The van der Waals surface area contributed by atoms with Gasteiger partial charge in [-0.2, -0.15) is 0 Å². The number of carbonyl (C=O) groups excluding carboxylic acids is 3. The molecule has 2 rings (SSSR count). The highest BCUT2D eigenvalue weighted by Crippen LogP contribution is 2.05. The second-order valence-electron chi connectivity index (χ2n) is 6.57. The lowest BCUT2D eigenvalue weighted by atomic mass is 10.1. The molecular weight excluding hydrogens is 374 g/mol. The summed E-state index contributed by atoms with van der Waals surface area (Å²) in [5.74, 6) is -2.63. The van der Waals surface area contributed by atoms with Crippen molar-refractivity contribution in [3.63, 3.8) is 0 Å². The Labute approximate surface area is 169 Å². The molecule has 0 bridgehead atoms. The van der Waals surface area contributed by atoms with Gasteiger partial charge in [0.25, 0.3) is 0 Å². The Morgan fingerprint density at radius 1 is 0.655 bits per heavy atom. The Morgan fingerprint density at radius 3 is 1.55 bits per heavy atom. The van der Waals surface area contributed by atoms with E-state index in [1.54, 1.807) is 12.1 Å². The summed E-state index contributed by atoms with van der Waals surface area (Å²) >= 11 is 0. The largest absolute Gasteiger partial charge is 0.462 e. The van der Waals surface area contributed by atoms with Crippen LogP contribution in [0.3, 0.4) is 0 Å². The standard InChI is InChI=1S/C21H25N3O5/c22-16(11-14-7-3-1-4-8-14)19(25)28-13-18(24)21(27)29-20(26)17(23)12-15-9-5-2-6-10-15/h1-10,16-18H,11-13,22-24H2/t16-,17-,18-/m0/s1. The quantitative estimate of drug-likeness (QED) is 0.396. The number of benzene rings is 2. The molecule has 3 atom stereocenters. The molecule has 0 aliphatic carbocycles. The summed E-state index contributed by atoms with van der Waals surface area (Å²) in [6.45, 7) is -0.457. The van der Waals surface area contributed by atoms with Gasteiger partial charge in [0.05, 0.1) is 0 Å². The van der Waals surface area contributed by atoms with Crippen LogP contribution in [0.15, 0.2) is 60.7 Å². The van der Waals surface area contributed by atoms with E-state index < -0.39 is 42.6 Å². The Bertz CT molecular complexity index is 814. The van der Waals surface area contributed by atoms with Crippen LogP contribution in [0.25, 0.3) is 0 Å². The van der Waals surface area contributed by atoms with Crippen LogP contribution >= 0.6 is 0 Å². The third kappa shape index (κ3) is 7.46. The zero-order valence-corrected chi connectivity index (χ0v) is 15.9. The summed E-state index contributed by atoms with van der Waals surface area (Å²) in [4.78, 5) is 35.9. The Balaban J connectivity index is 1.74. The topological polar surface area (TPSA) is 148 Å². The second kappa shape index (κ2) is 11.1. The molecule has 2 aromatic carbocycles. The number of rotatable bonds is 9. The molecule has 0 heterocycles. The van der Waals surface area contributed by atoms with Crippen molar-refractivity contribution in [1.29, 1.82) is 0 Å². The van der Waals surface area contributed by atoms with E-state index in [0.717, 1.165) is 11.1 Å². The minimum absolute atomic E-state index is 0.214. The molecule has 8 nitrogen and oxygen atoms in total.